The molecule has 19 heavy (non-hydrogen) atoms. The van der Waals surface area contributed by atoms with Gasteiger partial charge in [-0.1, -0.05) is 18.2 Å². The molecule has 0 amide bonds. The van der Waals surface area contributed by atoms with E-state index in [-0.39, 0.29) is 11.9 Å². The van der Waals surface area contributed by atoms with Gasteiger partial charge in [-0.2, -0.15) is 0 Å². The first-order chi connectivity index (χ1) is 9.22. The van der Waals surface area contributed by atoms with Crippen LogP contribution in [0.3, 0.4) is 0 Å². The van der Waals surface area contributed by atoms with Crippen LogP contribution in [0, 0.1) is 5.82 Å². The van der Waals surface area contributed by atoms with Crippen molar-refractivity contribution < 1.29 is 9.13 Å². The molecule has 0 spiro atoms. The third-order valence-electron chi connectivity index (χ3n) is 3.17. The monoisotopic (exact) mass is 321 g/mol. The number of ether oxygens (including phenoxy) is 1. The number of hydrogen-bond acceptors (Lipinski definition) is 2. The van der Waals surface area contributed by atoms with Gasteiger partial charge in [0.05, 0.1) is 11.0 Å². The summed E-state index contributed by atoms with van der Waals surface area (Å²) in [7, 11) is 0. The van der Waals surface area contributed by atoms with E-state index in [0.717, 1.165) is 17.9 Å². The topological polar surface area (TPSA) is 21.3 Å². The fourth-order valence-corrected chi connectivity index (χ4v) is 2.58. The van der Waals surface area contributed by atoms with Crippen LogP contribution < -0.4 is 10.1 Å². The fourth-order valence-electron chi connectivity index (χ4n) is 2.21. The van der Waals surface area contributed by atoms with Crippen molar-refractivity contribution >= 4 is 21.6 Å². The van der Waals surface area contributed by atoms with Gasteiger partial charge in [-0.15, -0.1) is 0 Å². The summed E-state index contributed by atoms with van der Waals surface area (Å²) in [6.45, 7) is 0.701. The van der Waals surface area contributed by atoms with Gasteiger partial charge in [-0.3, -0.25) is 0 Å². The third kappa shape index (κ3) is 2.73. The van der Waals surface area contributed by atoms with Gasteiger partial charge < -0.3 is 10.1 Å². The van der Waals surface area contributed by atoms with Crippen LogP contribution in [0.4, 0.5) is 10.1 Å². The van der Waals surface area contributed by atoms with E-state index >= 15 is 0 Å². The van der Waals surface area contributed by atoms with Crippen LogP contribution in [0.1, 0.15) is 5.56 Å². The first kappa shape index (κ1) is 12.5. The highest BCUT2D eigenvalue weighted by Gasteiger charge is 2.21. The average Bonchev–Trinajstić information content (AvgIpc) is 2.83. The number of halogens is 2. The molecule has 1 aliphatic rings. The molecule has 1 heterocycles. The van der Waals surface area contributed by atoms with Crippen LogP contribution in [-0.4, -0.2) is 12.6 Å². The molecule has 98 valence electrons. The quantitative estimate of drug-likeness (QED) is 0.922. The van der Waals surface area contributed by atoms with Gasteiger partial charge in [-0.25, -0.2) is 4.39 Å². The zero-order valence-electron chi connectivity index (χ0n) is 10.2. The number of rotatable bonds is 3. The molecule has 0 aliphatic carbocycles. The van der Waals surface area contributed by atoms with Crippen molar-refractivity contribution in [1.29, 1.82) is 0 Å². The molecule has 1 aliphatic heterocycles. The number of para-hydroxylation sites is 1. The average molecular weight is 322 g/mol. The molecular formula is C15H13BrFNO. The number of fused-ring (bicyclic) bond motifs is 1. The molecule has 3 rings (SSSR count). The molecule has 0 bridgehead atoms. The molecule has 0 saturated carbocycles. The summed E-state index contributed by atoms with van der Waals surface area (Å²) < 4.78 is 19.4. The van der Waals surface area contributed by atoms with Gasteiger partial charge in [0.15, 0.2) is 0 Å². The van der Waals surface area contributed by atoms with Crippen LogP contribution in [0.25, 0.3) is 0 Å². The summed E-state index contributed by atoms with van der Waals surface area (Å²) in [6.07, 6.45) is 1.03. The molecule has 2 aromatic rings. The second kappa shape index (κ2) is 5.21. The van der Waals surface area contributed by atoms with Crippen molar-refractivity contribution in [2.45, 2.75) is 12.5 Å². The van der Waals surface area contributed by atoms with E-state index in [4.69, 9.17) is 4.74 Å². The highest BCUT2D eigenvalue weighted by atomic mass is 79.9. The van der Waals surface area contributed by atoms with Crippen LogP contribution >= 0.6 is 15.9 Å². The molecule has 2 nitrogen and oxygen atoms in total. The first-order valence-corrected chi connectivity index (χ1v) is 6.95. The maximum Gasteiger partial charge on any atom is 0.137 e. The van der Waals surface area contributed by atoms with Crippen LogP contribution in [0.2, 0.25) is 0 Å². The molecule has 0 radical (unpaired) electrons. The smallest absolute Gasteiger partial charge is 0.137 e. The predicted molar refractivity (Wildman–Crippen MR) is 77.2 cm³/mol. The van der Waals surface area contributed by atoms with Crippen molar-refractivity contribution in [3.63, 3.8) is 0 Å². The lowest BCUT2D eigenvalue weighted by Crippen LogP contribution is -2.23. The summed E-state index contributed by atoms with van der Waals surface area (Å²) >= 11 is 3.18. The Morgan fingerprint density at radius 1 is 1.26 bits per heavy atom. The SMILES string of the molecule is Fc1ccc(NCC2Cc3ccccc3O2)cc1Br. The van der Waals surface area contributed by atoms with Gasteiger partial charge in [0, 0.05) is 12.1 Å². The van der Waals surface area contributed by atoms with Gasteiger partial charge >= 0.3 is 0 Å². The summed E-state index contributed by atoms with van der Waals surface area (Å²) in [5.74, 6) is 0.713. The molecule has 2 aromatic carbocycles. The Bertz CT molecular complexity index is 577. The Kier molecular flexibility index (Phi) is 3.42. The maximum atomic E-state index is 13.1. The Balaban J connectivity index is 1.61. The second-order valence-corrected chi connectivity index (χ2v) is 5.42. The molecule has 4 heteroatoms. The molecule has 1 unspecified atom stereocenters. The van der Waals surface area contributed by atoms with E-state index in [9.17, 15) is 4.39 Å². The molecule has 0 fully saturated rings. The number of hydrogen-bond donors (Lipinski definition) is 1. The minimum Gasteiger partial charge on any atom is -0.488 e. The zero-order valence-corrected chi connectivity index (χ0v) is 11.8. The standard InChI is InChI=1S/C15H13BrFNO/c16-13-8-11(5-6-14(13)17)18-9-12-7-10-3-1-2-4-15(10)19-12/h1-6,8,12,18H,7,9H2. The highest BCUT2D eigenvalue weighted by Crippen LogP contribution is 2.28. The van der Waals surface area contributed by atoms with E-state index in [1.165, 1.54) is 11.6 Å². The van der Waals surface area contributed by atoms with E-state index < -0.39 is 0 Å². The summed E-state index contributed by atoms with van der Waals surface area (Å²) in [6, 6.07) is 13.0. The highest BCUT2D eigenvalue weighted by molar-refractivity contribution is 9.10. The number of nitrogens with one attached hydrogen (secondary N) is 1. The van der Waals surface area contributed by atoms with E-state index in [1.54, 1.807) is 12.1 Å². The van der Waals surface area contributed by atoms with Crippen molar-refractivity contribution in [3.05, 3.63) is 58.3 Å². The van der Waals surface area contributed by atoms with Crippen molar-refractivity contribution in [2.75, 3.05) is 11.9 Å². The van der Waals surface area contributed by atoms with Crippen LogP contribution in [0.15, 0.2) is 46.9 Å². The third-order valence-corrected chi connectivity index (χ3v) is 3.77. The van der Waals surface area contributed by atoms with Crippen molar-refractivity contribution in [3.8, 4) is 5.75 Å². The van der Waals surface area contributed by atoms with E-state index in [2.05, 4.69) is 27.3 Å². The zero-order chi connectivity index (χ0) is 13.2. The lowest BCUT2D eigenvalue weighted by atomic mass is 10.1. The van der Waals surface area contributed by atoms with E-state index in [0.29, 0.717) is 11.0 Å². The molecule has 0 aromatic heterocycles. The minimum absolute atomic E-state index is 0.126. The van der Waals surface area contributed by atoms with Crippen molar-refractivity contribution in [1.82, 2.24) is 0 Å². The Hall–Kier alpha value is -1.55. The number of benzene rings is 2. The summed E-state index contributed by atoms with van der Waals surface area (Å²) in [4.78, 5) is 0. The van der Waals surface area contributed by atoms with Crippen molar-refractivity contribution in [2.24, 2.45) is 0 Å². The van der Waals surface area contributed by atoms with Gasteiger partial charge in [0.1, 0.15) is 17.7 Å². The number of anilines is 1. The predicted octanol–water partition coefficient (Wildman–Crippen LogP) is 4.00. The molecule has 1 N–H and O–H groups in total. The first-order valence-electron chi connectivity index (χ1n) is 6.16. The van der Waals surface area contributed by atoms with Crippen LogP contribution in [0.5, 0.6) is 5.75 Å². The Morgan fingerprint density at radius 3 is 2.89 bits per heavy atom. The van der Waals surface area contributed by atoms with Gasteiger partial charge in [0.25, 0.3) is 0 Å². The summed E-state index contributed by atoms with van der Waals surface area (Å²) in [5, 5.41) is 3.27. The summed E-state index contributed by atoms with van der Waals surface area (Å²) in [5.41, 5.74) is 2.13. The van der Waals surface area contributed by atoms with Gasteiger partial charge in [-0.05, 0) is 45.8 Å². The maximum absolute atomic E-state index is 13.1. The lowest BCUT2D eigenvalue weighted by Gasteiger charge is -2.13. The Labute approximate surface area is 119 Å². The fraction of sp³-hybridized carbons (Fsp3) is 0.200. The molecular weight excluding hydrogens is 309 g/mol. The Morgan fingerprint density at radius 2 is 2.11 bits per heavy atom. The van der Waals surface area contributed by atoms with Gasteiger partial charge in [0.2, 0.25) is 0 Å². The minimum atomic E-state index is -0.255. The largest absolute Gasteiger partial charge is 0.488 e. The molecule has 0 saturated heterocycles. The second-order valence-electron chi connectivity index (χ2n) is 4.56. The van der Waals surface area contributed by atoms with Crippen LogP contribution in [-0.2, 0) is 6.42 Å². The molecule has 1 atom stereocenters. The normalized spacial score (nSPS) is 16.8. The lowest BCUT2D eigenvalue weighted by molar-refractivity contribution is 0.246. The van der Waals surface area contributed by atoms with E-state index in [1.807, 2.05) is 18.2 Å².